The van der Waals surface area contributed by atoms with Crippen LogP contribution in [0, 0.1) is 5.92 Å². The van der Waals surface area contributed by atoms with E-state index in [1.807, 2.05) is 12.1 Å². The zero-order valence-electron chi connectivity index (χ0n) is 18.3. The van der Waals surface area contributed by atoms with Gasteiger partial charge in [-0.25, -0.2) is 9.97 Å². The van der Waals surface area contributed by atoms with Gasteiger partial charge in [0.15, 0.2) is 11.5 Å². The zero-order chi connectivity index (χ0) is 22.4. The number of nitrogens with two attached hydrogens (primary N) is 1. The number of amides is 1. The summed E-state index contributed by atoms with van der Waals surface area (Å²) in [5, 5.41) is 3.14. The molecule has 3 aliphatic rings. The molecule has 1 aromatic carbocycles. The van der Waals surface area contributed by atoms with E-state index in [2.05, 4.69) is 20.3 Å². The number of ether oxygens (including phenoxy) is 3. The molecule has 0 unspecified atom stereocenters. The third-order valence-electron chi connectivity index (χ3n) is 6.72. The molecule has 0 atom stereocenters. The van der Waals surface area contributed by atoms with Crippen molar-refractivity contribution in [2.75, 3.05) is 13.4 Å². The Bertz CT molecular complexity index is 1200. The second kappa shape index (κ2) is 8.22. The first-order chi connectivity index (χ1) is 16.2. The Morgan fingerprint density at radius 2 is 2.00 bits per heavy atom. The van der Waals surface area contributed by atoms with Gasteiger partial charge < -0.3 is 30.2 Å². The molecule has 2 aliphatic carbocycles. The SMILES string of the molecule is N[C@H]1CC[C@H](NC(=O)c2c[nH]c3c(-c4c(OCC5CC5)ccc5c4OCO5)ncnc23)CC1. The Hall–Kier alpha value is -3.33. The van der Waals surface area contributed by atoms with Crippen LogP contribution in [0.5, 0.6) is 17.2 Å². The monoisotopic (exact) mass is 449 g/mol. The van der Waals surface area contributed by atoms with Gasteiger partial charge in [-0.3, -0.25) is 4.79 Å². The van der Waals surface area contributed by atoms with E-state index in [1.54, 1.807) is 6.20 Å². The molecule has 2 saturated carbocycles. The normalized spacial score (nSPS) is 21.8. The van der Waals surface area contributed by atoms with Crippen molar-refractivity contribution in [3.8, 4) is 28.5 Å². The predicted octanol–water partition coefficient (Wildman–Crippen LogP) is 3.14. The Balaban J connectivity index is 1.35. The number of nitrogens with one attached hydrogen (secondary N) is 2. The van der Waals surface area contributed by atoms with Crippen LogP contribution in [0.1, 0.15) is 48.9 Å². The van der Waals surface area contributed by atoms with E-state index < -0.39 is 0 Å². The highest BCUT2D eigenvalue weighted by Gasteiger charge is 2.29. The molecule has 4 N–H and O–H groups in total. The van der Waals surface area contributed by atoms with E-state index in [9.17, 15) is 4.79 Å². The lowest BCUT2D eigenvalue weighted by atomic mass is 9.91. The van der Waals surface area contributed by atoms with Crippen molar-refractivity contribution in [1.82, 2.24) is 20.3 Å². The summed E-state index contributed by atoms with van der Waals surface area (Å²) in [6.45, 7) is 0.802. The Labute approximate surface area is 191 Å². The number of hydrogen-bond acceptors (Lipinski definition) is 7. The van der Waals surface area contributed by atoms with Gasteiger partial charge in [0.2, 0.25) is 6.79 Å². The van der Waals surface area contributed by atoms with E-state index in [1.165, 1.54) is 19.2 Å². The van der Waals surface area contributed by atoms with Gasteiger partial charge in [-0.15, -0.1) is 0 Å². The predicted molar refractivity (Wildman–Crippen MR) is 121 cm³/mol. The van der Waals surface area contributed by atoms with E-state index >= 15 is 0 Å². The fraction of sp³-hybridized carbons (Fsp3) is 0.458. The Morgan fingerprint density at radius 1 is 1.15 bits per heavy atom. The Morgan fingerprint density at radius 3 is 2.82 bits per heavy atom. The summed E-state index contributed by atoms with van der Waals surface area (Å²) in [4.78, 5) is 25.3. The quantitative estimate of drug-likeness (QED) is 0.528. The van der Waals surface area contributed by atoms with Gasteiger partial charge in [0.05, 0.1) is 23.3 Å². The second-order valence-corrected chi connectivity index (χ2v) is 9.16. The maximum Gasteiger partial charge on any atom is 0.255 e. The minimum atomic E-state index is -0.144. The van der Waals surface area contributed by atoms with Crippen LogP contribution in [0.15, 0.2) is 24.7 Å². The molecule has 172 valence electrons. The van der Waals surface area contributed by atoms with Crippen LogP contribution in [0.2, 0.25) is 0 Å². The van der Waals surface area contributed by atoms with Crippen molar-refractivity contribution in [2.24, 2.45) is 11.7 Å². The van der Waals surface area contributed by atoms with Crippen molar-refractivity contribution < 1.29 is 19.0 Å². The first-order valence-electron chi connectivity index (χ1n) is 11.6. The number of aromatic amines is 1. The van der Waals surface area contributed by atoms with E-state index in [-0.39, 0.29) is 24.8 Å². The van der Waals surface area contributed by atoms with Gasteiger partial charge in [0.25, 0.3) is 5.91 Å². The highest BCUT2D eigenvalue weighted by atomic mass is 16.7. The number of fused-ring (bicyclic) bond motifs is 2. The summed E-state index contributed by atoms with van der Waals surface area (Å²) >= 11 is 0. The molecule has 0 bridgehead atoms. The molecule has 6 rings (SSSR count). The highest BCUT2D eigenvalue weighted by Crippen LogP contribution is 2.48. The van der Waals surface area contributed by atoms with E-state index in [0.717, 1.165) is 25.7 Å². The van der Waals surface area contributed by atoms with Crippen LogP contribution in [0.4, 0.5) is 0 Å². The molecule has 2 fully saturated rings. The average Bonchev–Trinajstić information content (AvgIpc) is 3.35. The minimum absolute atomic E-state index is 0.133. The molecular weight excluding hydrogens is 422 g/mol. The number of H-pyrrole nitrogens is 1. The average molecular weight is 450 g/mol. The fourth-order valence-electron chi connectivity index (χ4n) is 4.62. The molecule has 9 nitrogen and oxygen atoms in total. The van der Waals surface area contributed by atoms with Gasteiger partial charge in [0.1, 0.15) is 23.3 Å². The number of nitrogens with zero attached hydrogens (tertiary/aromatic N) is 2. The number of aromatic nitrogens is 3. The molecule has 0 radical (unpaired) electrons. The van der Waals surface area contributed by atoms with Crippen LogP contribution in [-0.2, 0) is 0 Å². The first kappa shape index (κ1) is 20.3. The summed E-state index contributed by atoms with van der Waals surface area (Å²) in [6.07, 6.45) is 9.19. The first-order valence-corrected chi connectivity index (χ1v) is 11.6. The van der Waals surface area contributed by atoms with Crippen molar-refractivity contribution in [3.05, 3.63) is 30.2 Å². The molecule has 9 heteroatoms. The standard InChI is InChI=1S/C24H27N5O4/c25-14-3-5-15(6-4-14)29-24(30)16-9-26-22-20(16)27-11-28-21(22)19-17(31-10-13-1-2-13)7-8-18-23(19)33-12-32-18/h7-9,11,13-15,26H,1-6,10,12,25H2,(H,29,30)/t14-,15-. The second-order valence-electron chi connectivity index (χ2n) is 9.16. The van der Waals surface area contributed by atoms with Crippen LogP contribution in [0.3, 0.4) is 0 Å². The third-order valence-corrected chi connectivity index (χ3v) is 6.72. The van der Waals surface area contributed by atoms with Gasteiger partial charge >= 0.3 is 0 Å². The molecule has 3 heterocycles. The summed E-state index contributed by atoms with van der Waals surface area (Å²) < 4.78 is 17.5. The van der Waals surface area contributed by atoms with Crippen LogP contribution in [-0.4, -0.2) is 46.3 Å². The smallest absolute Gasteiger partial charge is 0.255 e. The lowest BCUT2D eigenvalue weighted by molar-refractivity contribution is 0.0927. The minimum Gasteiger partial charge on any atom is -0.492 e. The van der Waals surface area contributed by atoms with Crippen LogP contribution in [0.25, 0.3) is 22.3 Å². The number of carbonyl (C=O) groups is 1. The fourth-order valence-corrected chi connectivity index (χ4v) is 4.62. The molecule has 1 amide bonds. The number of rotatable bonds is 6. The summed E-state index contributed by atoms with van der Waals surface area (Å²) in [6, 6.07) is 4.12. The summed E-state index contributed by atoms with van der Waals surface area (Å²) in [5.41, 5.74) is 9.05. The van der Waals surface area contributed by atoms with Crippen LogP contribution < -0.4 is 25.3 Å². The van der Waals surface area contributed by atoms with Gasteiger partial charge in [0, 0.05) is 18.3 Å². The Kier molecular flexibility index (Phi) is 5.05. The van der Waals surface area contributed by atoms with Crippen molar-refractivity contribution in [1.29, 1.82) is 0 Å². The maximum atomic E-state index is 13.1. The van der Waals surface area contributed by atoms with Crippen molar-refractivity contribution >= 4 is 16.9 Å². The maximum absolute atomic E-state index is 13.1. The van der Waals surface area contributed by atoms with Gasteiger partial charge in [-0.05, 0) is 56.6 Å². The van der Waals surface area contributed by atoms with E-state index in [4.69, 9.17) is 19.9 Å². The molecule has 0 saturated heterocycles. The number of carbonyl (C=O) groups excluding carboxylic acids is 1. The summed E-state index contributed by atoms with van der Waals surface area (Å²) in [5.74, 6) is 2.39. The zero-order valence-corrected chi connectivity index (χ0v) is 18.3. The topological polar surface area (TPSA) is 124 Å². The third kappa shape index (κ3) is 3.86. The van der Waals surface area contributed by atoms with Crippen molar-refractivity contribution in [2.45, 2.75) is 50.6 Å². The molecule has 2 aromatic heterocycles. The molecule has 0 spiro atoms. The molecule has 1 aliphatic heterocycles. The van der Waals surface area contributed by atoms with Gasteiger partial charge in [-0.1, -0.05) is 0 Å². The van der Waals surface area contributed by atoms with Crippen molar-refractivity contribution in [3.63, 3.8) is 0 Å². The lowest BCUT2D eigenvalue weighted by Crippen LogP contribution is -2.40. The molecular formula is C24H27N5O4. The largest absolute Gasteiger partial charge is 0.492 e. The lowest BCUT2D eigenvalue weighted by Gasteiger charge is -2.26. The number of benzene rings is 1. The molecule has 3 aromatic rings. The van der Waals surface area contributed by atoms with E-state index in [0.29, 0.717) is 57.6 Å². The number of hydrogen-bond donors (Lipinski definition) is 3. The van der Waals surface area contributed by atoms with Crippen LogP contribution >= 0.6 is 0 Å². The summed E-state index contributed by atoms with van der Waals surface area (Å²) in [7, 11) is 0. The molecule has 33 heavy (non-hydrogen) atoms. The van der Waals surface area contributed by atoms with Gasteiger partial charge in [-0.2, -0.15) is 0 Å². The highest BCUT2D eigenvalue weighted by molar-refractivity contribution is 6.08.